The summed E-state index contributed by atoms with van der Waals surface area (Å²) >= 11 is 0. The number of hydrogen-bond acceptors (Lipinski definition) is 6. The van der Waals surface area contributed by atoms with Crippen LogP contribution in [-0.2, 0) is 16.0 Å². The van der Waals surface area contributed by atoms with Gasteiger partial charge < -0.3 is 19.7 Å². The maximum atomic E-state index is 11.5. The van der Waals surface area contributed by atoms with Crippen molar-refractivity contribution in [3.8, 4) is 5.88 Å². The molecule has 6 heteroatoms. The van der Waals surface area contributed by atoms with E-state index >= 15 is 0 Å². The third kappa shape index (κ3) is 5.87. The molecule has 1 N–H and O–H groups in total. The van der Waals surface area contributed by atoms with Gasteiger partial charge in [-0.25, -0.2) is 4.98 Å². The Bertz CT molecular complexity index is 864. The second-order valence-corrected chi connectivity index (χ2v) is 9.29. The number of rotatable bonds is 10. The van der Waals surface area contributed by atoms with Gasteiger partial charge in [0, 0.05) is 37.3 Å². The van der Waals surface area contributed by atoms with Crippen LogP contribution in [-0.4, -0.2) is 62.3 Å². The molecule has 2 aromatic rings. The summed E-state index contributed by atoms with van der Waals surface area (Å²) in [6.07, 6.45) is 6.85. The van der Waals surface area contributed by atoms with E-state index in [1.165, 1.54) is 24.7 Å². The average Bonchev–Trinajstić information content (AvgIpc) is 3.63. The van der Waals surface area contributed by atoms with Crippen LogP contribution in [0.25, 0.3) is 0 Å². The van der Waals surface area contributed by atoms with Gasteiger partial charge in [-0.2, -0.15) is 0 Å². The number of nitrogens with zero attached hydrogens (tertiary/aromatic N) is 2. The number of nitrogens with one attached hydrogen (secondary N) is 1. The van der Waals surface area contributed by atoms with Crippen LogP contribution in [0, 0.1) is 5.41 Å². The van der Waals surface area contributed by atoms with Gasteiger partial charge in [-0.15, -0.1) is 0 Å². The number of ether oxygens (including phenoxy) is 2. The zero-order valence-electron chi connectivity index (χ0n) is 19.3. The lowest BCUT2D eigenvalue weighted by molar-refractivity contribution is -0.141. The molecule has 2 heterocycles. The third-order valence-electron chi connectivity index (χ3n) is 7.12. The standard InChI is InChI=1S/C26H35N3O3/c1-31-24-9-8-20(18-27-24)17-26(11-14-29(15-12-26)13-10-25(30)32-2)19-28-23-16-22(23)21-6-4-3-5-7-21/h3-9,18,22-23,28H,10-17,19H2,1-2H3/t22-,23+/m0/s1. The lowest BCUT2D eigenvalue weighted by Gasteiger charge is -2.42. The molecule has 4 rings (SSSR count). The minimum atomic E-state index is -0.131. The summed E-state index contributed by atoms with van der Waals surface area (Å²) in [6, 6.07) is 15.5. The summed E-state index contributed by atoms with van der Waals surface area (Å²) in [6.45, 7) is 3.81. The Morgan fingerprint density at radius 1 is 1.16 bits per heavy atom. The van der Waals surface area contributed by atoms with Crippen molar-refractivity contribution in [2.75, 3.05) is 40.4 Å². The number of aromatic nitrogens is 1. The first-order chi connectivity index (χ1) is 15.6. The summed E-state index contributed by atoms with van der Waals surface area (Å²) in [7, 11) is 3.11. The topological polar surface area (TPSA) is 63.7 Å². The van der Waals surface area contributed by atoms with Gasteiger partial charge in [0.2, 0.25) is 5.88 Å². The molecular formula is C26H35N3O3. The molecule has 6 nitrogen and oxygen atoms in total. The Morgan fingerprint density at radius 2 is 1.94 bits per heavy atom. The first kappa shape index (κ1) is 22.7. The molecule has 2 atom stereocenters. The highest BCUT2D eigenvalue weighted by molar-refractivity contribution is 5.69. The van der Waals surface area contributed by atoms with Gasteiger partial charge in [0.1, 0.15) is 0 Å². The summed E-state index contributed by atoms with van der Waals surface area (Å²) in [5.74, 6) is 1.16. The maximum absolute atomic E-state index is 11.5. The van der Waals surface area contributed by atoms with Crippen LogP contribution >= 0.6 is 0 Å². The highest BCUT2D eigenvalue weighted by Crippen LogP contribution is 2.42. The van der Waals surface area contributed by atoms with E-state index in [1.807, 2.05) is 12.3 Å². The van der Waals surface area contributed by atoms with Crippen molar-refractivity contribution in [1.29, 1.82) is 0 Å². The SMILES string of the molecule is COC(=O)CCN1CCC(CN[C@@H]2C[C@H]2c2ccccc2)(Cc2ccc(OC)nc2)CC1. The van der Waals surface area contributed by atoms with E-state index in [0.717, 1.165) is 45.4 Å². The highest BCUT2D eigenvalue weighted by Gasteiger charge is 2.41. The van der Waals surface area contributed by atoms with Crippen LogP contribution in [0.4, 0.5) is 0 Å². The number of carbonyl (C=O) groups is 1. The Morgan fingerprint density at radius 3 is 2.59 bits per heavy atom. The molecule has 0 unspecified atom stereocenters. The molecule has 1 aromatic carbocycles. The van der Waals surface area contributed by atoms with E-state index in [4.69, 9.17) is 9.47 Å². The highest BCUT2D eigenvalue weighted by atomic mass is 16.5. The predicted octanol–water partition coefficient (Wildman–Crippen LogP) is 3.42. The van der Waals surface area contributed by atoms with Crippen LogP contribution in [0.15, 0.2) is 48.7 Å². The van der Waals surface area contributed by atoms with Crippen LogP contribution in [0.5, 0.6) is 5.88 Å². The molecule has 0 amide bonds. The molecule has 0 bridgehead atoms. The van der Waals surface area contributed by atoms with E-state index in [-0.39, 0.29) is 11.4 Å². The molecule has 2 aliphatic rings. The van der Waals surface area contributed by atoms with Gasteiger partial charge in [-0.3, -0.25) is 4.79 Å². The molecule has 1 aliphatic carbocycles. The van der Waals surface area contributed by atoms with Crippen LogP contribution in [0.1, 0.15) is 42.7 Å². The molecule has 1 aliphatic heterocycles. The fourth-order valence-electron chi connectivity index (χ4n) is 4.92. The zero-order valence-corrected chi connectivity index (χ0v) is 19.3. The van der Waals surface area contributed by atoms with E-state index in [9.17, 15) is 4.79 Å². The van der Waals surface area contributed by atoms with Gasteiger partial charge in [0.25, 0.3) is 0 Å². The molecule has 0 radical (unpaired) electrons. The van der Waals surface area contributed by atoms with E-state index < -0.39 is 0 Å². The van der Waals surface area contributed by atoms with E-state index in [0.29, 0.717) is 24.3 Å². The van der Waals surface area contributed by atoms with Gasteiger partial charge in [0.15, 0.2) is 0 Å². The fourth-order valence-corrected chi connectivity index (χ4v) is 4.92. The van der Waals surface area contributed by atoms with E-state index in [1.54, 1.807) is 7.11 Å². The minimum absolute atomic E-state index is 0.131. The molecule has 172 valence electrons. The third-order valence-corrected chi connectivity index (χ3v) is 7.12. The van der Waals surface area contributed by atoms with Gasteiger partial charge in [-0.05, 0) is 55.3 Å². The monoisotopic (exact) mass is 437 g/mol. The number of carbonyl (C=O) groups excluding carboxylic acids is 1. The molecule has 1 saturated heterocycles. The number of hydrogen-bond donors (Lipinski definition) is 1. The summed E-state index contributed by atoms with van der Waals surface area (Å²) in [5, 5.41) is 3.89. The van der Waals surface area contributed by atoms with Gasteiger partial charge in [0.05, 0.1) is 20.6 Å². The molecule has 32 heavy (non-hydrogen) atoms. The maximum Gasteiger partial charge on any atom is 0.306 e. The number of likely N-dealkylation sites (tertiary alicyclic amines) is 1. The quantitative estimate of drug-likeness (QED) is 0.575. The first-order valence-corrected chi connectivity index (χ1v) is 11.7. The number of esters is 1. The van der Waals surface area contributed by atoms with Crippen LogP contribution < -0.4 is 10.1 Å². The van der Waals surface area contributed by atoms with Crippen molar-refractivity contribution < 1.29 is 14.3 Å². The minimum Gasteiger partial charge on any atom is -0.481 e. The lowest BCUT2D eigenvalue weighted by atomic mass is 9.73. The molecule has 0 spiro atoms. The van der Waals surface area contributed by atoms with Gasteiger partial charge >= 0.3 is 5.97 Å². The van der Waals surface area contributed by atoms with Crippen molar-refractivity contribution in [3.63, 3.8) is 0 Å². The second kappa shape index (κ2) is 10.5. The largest absolute Gasteiger partial charge is 0.481 e. The van der Waals surface area contributed by atoms with Crippen molar-refractivity contribution >= 4 is 5.97 Å². The molecule has 2 fully saturated rings. The van der Waals surface area contributed by atoms with E-state index in [2.05, 4.69) is 51.6 Å². The second-order valence-electron chi connectivity index (χ2n) is 9.29. The van der Waals surface area contributed by atoms with Crippen LogP contribution in [0.3, 0.4) is 0 Å². The zero-order chi connectivity index (χ0) is 22.4. The summed E-state index contributed by atoms with van der Waals surface area (Å²) in [4.78, 5) is 18.3. The fraction of sp³-hybridized carbons (Fsp3) is 0.538. The average molecular weight is 438 g/mol. The summed E-state index contributed by atoms with van der Waals surface area (Å²) < 4.78 is 10.0. The predicted molar refractivity (Wildman–Crippen MR) is 125 cm³/mol. The lowest BCUT2D eigenvalue weighted by Crippen LogP contribution is -2.47. The normalized spacial score (nSPS) is 22.3. The summed E-state index contributed by atoms with van der Waals surface area (Å²) in [5.41, 5.74) is 2.89. The van der Waals surface area contributed by atoms with Crippen molar-refractivity contribution in [2.24, 2.45) is 5.41 Å². The number of pyridine rings is 1. The number of benzene rings is 1. The number of methoxy groups -OCH3 is 2. The Kier molecular flexibility index (Phi) is 7.43. The number of piperidine rings is 1. The van der Waals surface area contributed by atoms with Crippen molar-refractivity contribution in [1.82, 2.24) is 15.2 Å². The van der Waals surface area contributed by atoms with Crippen molar-refractivity contribution in [3.05, 3.63) is 59.8 Å². The Labute approximate surface area is 191 Å². The molecular weight excluding hydrogens is 402 g/mol. The Balaban J connectivity index is 1.37. The molecule has 1 saturated carbocycles. The smallest absolute Gasteiger partial charge is 0.306 e. The Hall–Kier alpha value is -2.44. The first-order valence-electron chi connectivity index (χ1n) is 11.7. The molecule has 1 aromatic heterocycles. The van der Waals surface area contributed by atoms with Crippen molar-refractivity contribution in [2.45, 2.75) is 44.1 Å². The van der Waals surface area contributed by atoms with Gasteiger partial charge in [-0.1, -0.05) is 36.4 Å². The van der Waals surface area contributed by atoms with Crippen LogP contribution in [0.2, 0.25) is 0 Å².